The Morgan fingerprint density at radius 1 is 0.902 bits per heavy atom. The summed E-state index contributed by atoms with van der Waals surface area (Å²) in [6.45, 7) is 11.5. The Bertz CT molecular complexity index is 1280. The van der Waals surface area contributed by atoms with Crippen LogP contribution in [0, 0.1) is 5.92 Å². The maximum Gasteiger partial charge on any atom is 0.408 e. The Kier molecular flexibility index (Phi) is 18.4. The van der Waals surface area contributed by atoms with Crippen LogP contribution in [0.25, 0.3) is 0 Å². The molecular formula is C36H55N3O12. The molecular weight excluding hydrogens is 666 g/mol. The van der Waals surface area contributed by atoms with Crippen molar-refractivity contribution in [2.45, 2.75) is 130 Å². The summed E-state index contributed by atoms with van der Waals surface area (Å²) in [6.07, 6.45) is -0.478. The Labute approximate surface area is 300 Å². The van der Waals surface area contributed by atoms with Gasteiger partial charge < -0.3 is 44.4 Å². The third-order valence-electron chi connectivity index (χ3n) is 7.71. The minimum Gasteiger partial charge on any atom is -0.463 e. The SMILES string of the molecule is CC(=O)NC1[C@H](OCCCCCCNC(=O)[C@H](CCC(=O)OC(C)(C)C)NC(=O)OCc2ccccc2)OC(COC(C)=O)[C@H](OC(C)=O)[C@@H]1C. The normalized spacial score (nSPS) is 20.6. The number of benzene rings is 1. The van der Waals surface area contributed by atoms with E-state index in [1.54, 1.807) is 27.7 Å². The van der Waals surface area contributed by atoms with Gasteiger partial charge in [0.25, 0.3) is 0 Å². The smallest absolute Gasteiger partial charge is 0.408 e. The zero-order valence-electron chi connectivity index (χ0n) is 30.8. The van der Waals surface area contributed by atoms with Crippen molar-refractivity contribution in [1.29, 1.82) is 0 Å². The maximum atomic E-state index is 13.0. The van der Waals surface area contributed by atoms with E-state index in [2.05, 4.69) is 16.0 Å². The molecule has 0 bridgehead atoms. The zero-order valence-corrected chi connectivity index (χ0v) is 30.8. The number of hydrogen-bond acceptors (Lipinski definition) is 12. The monoisotopic (exact) mass is 721 g/mol. The van der Waals surface area contributed by atoms with Gasteiger partial charge in [-0.3, -0.25) is 24.0 Å². The molecule has 1 aliphatic rings. The first-order valence-electron chi connectivity index (χ1n) is 17.4. The van der Waals surface area contributed by atoms with Gasteiger partial charge in [0, 0.05) is 46.3 Å². The maximum absolute atomic E-state index is 13.0. The number of alkyl carbamates (subject to hydrolysis) is 1. The molecule has 15 heteroatoms. The summed E-state index contributed by atoms with van der Waals surface area (Å²) < 4.78 is 33.3. The molecule has 51 heavy (non-hydrogen) atoms. The second-order valence-corrected chi connectivity index (χ2v) is 13.5. The van der Waals surface area contributed by atoms with E-state index < -0.39 is 72.0 Å². The van der Waals surface area contributed by atoms with Gasteiger partial charge in [-0.2, -0.15) is 0 Å². The highest BCUT2D eigenvalue weighted by Gasteiger charge is 2.47. The summed E-state index contributed by atoms with van der Waals surface area (Å²) in [7, 11) is 0. The van der Waals surface area contributed by atoms with Crippen LogP contribution in [0.4, 0.5) is 4.79 Å². The third-order valence-corrected chi connectivity index (χ3v) is 7.71. The molecule has 0 spiro atoms. The Morgan fingerprint density at radius 2 is 1.59 bits per heavy atom. The van der Waals surface area contributed by atoms with Crippen molar-refractivity contribution in [3.8, 4) is 0 Å². The molecule has 1 aromatic carbocycles. The molecule has 0 aliphatic carbocycles. The molecule has 3 N–H and O–H groups in total. The molecule has 0 saturated carbocycles. The van der Waals surface area contributed by atoms with Gasteiger partial charge in [-0.1, -0.05) is 50.1 Å². The predicted molar refractivity (Wildman–Crippen MR) is 184 cm³/mol. The number of carbonyl (C=O) groups is 6. The summed E-state index contributed by atoms with van der Waals surface area (Å²) in [5.74, 6) is -2.69. The van der Waals surface area contributed by atoms with Gasteiger partial charge in [0.05, 0.1) is 6.04 Å². The van der Waals surface area contributed by atoms with Crippen LogP contribution in [-0.4, -0.2) is 91.8 Å². The van der Waals surface area contributed by atoms with Crippen LogP contribution >= 0.6 is 0 Å². The number of amides is 3. The van der Waals surface area contributed by atoms with E-state index in [9.17, 15) is 28.8 Å². The topological polar surface area (TPSA) is 194 Å². The fourth-order valence-corrected chi connectivity index (χ4v) is 5.36. The molecule has 2 rings (SSSR count). The lowest BCUT2D eigenvalue weighted by atomic mass is 9.88. The van der Waals surface area contributed by atoms with Crippen LogP contribution < -0.4 is 16.0 Å². The number of ether oxygens (including phenoxy) is 6. The first-order valence-corrected chi connectivity index (χ1v) is 17.4. The third kappa shape index (κ3) is 17.5. The van der Waals surface area contributed by atoms with Crippen molar-refractivity contribution in [2.24, 2.45) is 5.92 Å². The number of unbranched alkanes of at least 4 members (excludes halogenated alkanes) is 3. The van der Waals surface area contributed by atoms with Crippen LogP contribution in [0.2, 0.25) is 0 Å². The highest BCUT2D eigenvalue weighted by molar-refractivity contribution is 5.86. The predicted octanol–water partition coefficient (Wildman–Crippen LogP) is 3.46. The van der Waals surface area contributed by atoms with Gasteiger partial charge in [-0.05, 0) is 45.6 Å². The van der Waals surface area contributed by atoms with Gasteiger partial charge in [0.1, 0.15) is 37.1 Å². The summed E-state index contributed by atoms with van der Waals surface area (Å²) in [4.78, 5) is 73.0. The zero-order chi connectivity index (χ0) is 38.0. The molecule has 0 aromatic heterocycles. The van der Waals surface area contributed by atoms with Crippen molar-refractivity contribution < 1.29 is 57.2 Å². The fourth-order valence-electron chi connectivity index (χ4n) is 5.36. The number of carbonyl (C=O) groups excluding carboxylic acids is 6. The average molecular weight is 722 g/mol. The van der Waals surface area contributed by atoms with Crippen LogP contribution in [0.3, 0.4) is 0 Å². The standard InChI is InChI=1S/C36H55N3O12/c1-23-31(38-24(2)40)34(50-29(22-47-25(3)41)32(23)49-26(4)42)46-20-14-9-8-13-19-37-33(44)28(17-18-30(43)51-36(5,6)7)39-35(45)48-21-27-15-11-10-12-16-27/h10-12,15-16,23,28-29,31-32,34H,8-9,13-14,17-22H2,1-7H3,(H,37,44)(H,38,40)(H,39,45)/t23-,28+,29?,31?,32-,34-/m1/s1. The van der Waals surface area contributed by atoms with Crippen LogP contribution in [0.5, 0.6) is 0 Å². The van der Waals surface area contributed by atoms with Gasteiger partial charge in [-0.15, -0.1) is 0 Å². The number of hydrogen-bond donors (Lipinski definition) is 3. The lowest BCUT2D eigenvalue weighted by Crippen LogP contribution is -2.62. The van der Waals surface area contributed by atoms with Crippen LogP contribution in [0.1, 0.15) is 92.6 Å². The average Bonchev–Trinajstić information content (AvgIpc) is 3.04. The van der Waals surface area contributed by atoms with Crippen LogP contribution in [-0.2, 0) is 59.0 Å². The summed E-state index contributed by atoms with van der Waals surface area (Å²) in [5, 5.41) is 8.21. The number of nitrogens with one attached hydrogen (secondary N) is 3. The Balaban J connectivity index is 1.85. The molecule has 286 valence electrons. The Hall–Kier alpha value is -4.24. The summed E-state index contributed by atoms with van der Waals surface area (Å²) in [5.41, 5.74) is 0.108. The second kappa shape index (κ2) is 21.9. The molecule has 3 amide bonds. The Morgan fingerprint density at radius 3 is 2.22 bits per heavy atom. The first kappa shape index (κ1) is 42.9. The molecule has 2 unspecified atom stereocenters. The van der Waals surface area contributed by atoms with Crippen molar-refractivity contribution in [3.05, 3.63) is 35.9 Å². The molecule has 0 radical (unpaired) electrons. The molecule has 1 aliphatic heterocycles. The van der Waals surface area contributed by atoms with E-state index in [1.165, 1.54) is 20.8 Å². The first-order chi connectivity index (χ1) is 24.1. The molecule has 6 atom stereocenters. The van der Waals surface area contributed by atoms with Crippen molar-refractivity contribution in [1.82, 2.24) is 16.0 Å². The molecule has 1 aromatic rings. The number of esters is 3. The number of rotatable bonds is 19. The largest absolute Gasteiger partial charge is 0.463 e. The molecule has 15 nitrogen and oxygen atoms in total. The quantitative estimate of drug-likeness (QED) is 0.107. The summed E-state index contributed by atoms with van der Waals surface area (Å²) in [6, 6.07) is 7.49. The highest BCUT2D eigenvalue weighted by atomic mass is 16.7. The van der Waals surface area contributed by atoms with E-state index in [-0.39, 0.29) is 32.0 Å². The van der Waals surface area contributed by atoms with Gasteiger partial charge in [-0.25, -0.2) is 4.79 Å². The van der Waals surface area contributed by atoms with E-state index in [1.807, 2.05) is 30.3 Å². The van der Waals surface area contributed by atoms with Crippen molar-refractivity contribution in [3.63, 3.8) is 0 Å². The minimum absolute atomic E-state index is 0.0280. The summed E-state index contributed by atoms with van der Waals surface area (Å²) >= 11 is 0. The minimum atomic E-state index is -1.01. The van der Waals surface area contributed by atoms with E-state index in [4.69, 9.17) is 28.4 Å². The molecule has 1 saturated heterocycles. The van der Waals surface area contributed by atoms with Gasteiger partial charge in [0.15, 0.2) is 6.29 Å². The highest BCUT2D eigenvalue weighted by Crippen LogP contribution is 2.30. The van der Waals surface area contributed by atoms with Gasteiger partial charge >= 0.3 is 24.0 Å². The van der Waals surface area contributed by atoms with Crippen molar-refractivity contribution >= 4 is 35.8 Å². The van der Waals surface area contributed by atoms with Gasteiger partial charge in [0.2, 0.25) is 11.8 Å². The van der Waals surface area contributed by atoms with Crippen LogP contribution in [0.15, 0.2) is 30.3 Å². The lowest BCUT2D eigenvalue weighted by molar-refractivity contribution is -0.262. The van der Waals surface area contributed by atoms with E-state index in [0.29, 0.717) is 26.0 Å². The molecule has 1 fully saturated rings. The van der Waals surface area contributed by atoms with Crippen molar-refractivity contribution in [2.75, 3.05) is 19.8 Å². The molecule has 1 heterocycles. The van der Waals surface area contributed by atoms with E-state index >= 15 is 0 Å². The van der Waals surface area contributed by atoms with E-state index in [0.717, 1.165) is 18.4 Å². The second-order valence-electron chi connectivity index (χ2n) is 13.5. The lowest BCUT2D eigenvalue weighted by Gasteiger charge is -2.44. The fraction of sp³-hybridized carbons (Fsp3) is 0.667.